The predicted octanol–water partition coefficient (Wildman–Crippen LogP) is 2.78. The van der Waals surface area contributed by atoms with Crippen molar-refractivity contribution >= 4 is 17.0 Å². The Balaban J connectivity index is 1.49. The Morgan fingerprint density at radius 1 is 1.40 bits per heavy atom. The van der Waals surface area contributed by atoms with Crippen LogP contribution in [0.1, 0.15) is 21.8 Å². The van der Waals surface area contributed by atoms with Gasteiger partial charge in [-0.25, -0.2) is 4.98 Å². The Morgan fingerprint density at radius 2 is 2.30 bits per heavy atom. The Labute approximate surface area is 124 Å². The van der Waals surface area contributed by atoms with E-state index in [2.05, 4.69) is 52.8 Å². The molecule has 4 heteroatoms. The van der Waals surface area contributed by atoms with Gasteiger partial charge in [0.05, 0.1) is 5.01 Å². The molecule has 1 aliphatic heterocycles. The molecule has 0 radical (unpaired) electrons. The maximum Gasteiger partial charge on any atom is 0.0940 e. The number of fused-ring (bicyclic) bond motifs is 1. The number of aromatic nitrogens is 1. The van der Waals surface area contributed by atoms with Crippen LogP contribution in [0.2, 0.25) is 0 Å². The first-order valence-corrected chi connectivity index (χ1v) is 8.05. The summed E-state index contributed by atoms with van der Waals surface area (Å²) in [6.07, 6.45) is 2.20. The van der Waals surface area contributed by atoms with Gasteiger partial charge in [0.2, 0.25) is 0 Å². The second-order valence-corrected chi connectivity index (χ2v) is 6.39. The second-order valence-electron chi connectivity index (χ2n) is 5.44. The van der Waals surface area contributed by atoms with Gasteiger partial charge in [-0.05, 0) is 30.5 Å². The summed E-state index contributed by atoms with van der Waals surface area (Å²) in [5.74, 6) is 0. The van der Waals surface area contributed by atoms with Crippen molar-refractivity contribution in [1.29, 1.82) is 0 Å². The Bertz CT molecular complexity index is 591. The van der Waals surface area contributed by atoms with Crippen molar-refractivity contribution in [1.82, 2.24) is 10.3 Å². The van der Waals surface area contributed by atoms with Gasteiger partial charge in [0, 0.05) is 49.9 Å². The number of benzene rings is 1. The molecule has 0 atom stereocenters. The normalized spacial score (nSPS) is 13.8. The van der Waals surface area contributed by atoms with Gasteiger partial charge in [-0.15, -0.1) is 11.3 Å². The smallest absolute Gasteiger partial charge is 0.0940 e. The van der Waals surface area contributed by atoms with Gasteiger partial charge in [-0.2, -0.15) is 0 Å². The lowest BCUT2D eigenvalue weighted by Crippen LogP contribution is -2.16. The summed E-state index contributed by atoms with van der Waals surface area (Å²) in [6, 6.07) is 6.84. The second kappa shape index (κ2) is 5.94. The molecule has 2 heterocycles. The molecule has 20 heavy (non-hydrogen) atoms. The molecular weight excluding hydrogens is 266 g/mol. The van der Waals surface area contributed by atoms with Gasteiger partial charge in [-0.3, -0.25) is 0 Å². The van der Waals surface area contributed by atoms with Crippen LogP contribution in [0.5, 0.6) is 0 Å². The molecule has 0 unspecified atom stereocenters. The van der Waals surface area contributed by atoms with Crippen molar-refractivity contribution in [2.24, 2.45) is 0 Å². The first kappa shape index (κ1) is 13.6. The zero-order valence-corrected chi connectivity index (χ0v) is 13.0. The van der Waals surface area contributed by atoms with Gasteiger partial charge in [0.1, 0.15) is 0 Å². The van der Waals surface area contributed by atoms with Crippen LogP contribution in [0.3, 0.4) is 0 Å². The highest BCUT2D eigenvalue weighted by Crippen LogP contribution is 2.27. The molecule has 0 amide bonds. The number of rotatable bonds is 5. The van der Waals surface area contributed by atoms with Crippen molar-refractivity contribution < 1.29 is 0 Å². The molecule has 0 bridgehead atoms. The number of hydrogen-bond donors (Lipinski definition) is 1. The quantitative estimate of drug-likeness (QED) is 0.857. The van der Waals surface area contributed by atoms with E-state index in [0.29, 0.717) is 0 Å². The SMILES string of the molecule is Cc1csc(CCNCc2ccc3c(c2)CCN3C)n1. The Kier molecular flexibility index (Phi) is 4.03. The minimum absolute atomic E-state index is 0.946. The van der Waals surface area contributed by atoms with Crippen LogP contribution in [0, 0.1) is 6.92 Å². The highest BCUT2D eigenvalue weighted by Gasteiger charge is 2.15. The lowest BCUT2D eigenvalue weighted by molar-refractivity contribution is 0.684. The summed E-state index contributed by atoms with van der Waals surface area (Å²) in [6.45, 7) is 5.13. The lowest BCUT2D eigenvalue weighted by atomic mass is 10.1. The van der Waals surface area contributed by atoms with Crippen LogP contribution < -0.4 is 10.2 Å². The maximum absolute atomic E-state index is 4.48. The largest absolute Gasteiger partial charge is 0.374 e. The number of hydrogen-bond acceptors (Lipinski definition) is 4. The molecule has 2 aromatic rings. The lowest BCUT2D eigenvalue weighted by Gasteiger charge is -2.12. The van der Waals surface area contributed by atoms with Crippen LogP contribution >= 0.6 is 11.3 Å². The zero-order valence-electron chi connectivity index (χ0n) is 12.1. The molecule has 1 aromatic carbocycles. The average molecular weight is 287 g/mol. The van der Waals surface area contributed by atoms with Crippen LogP contribution in [-0.4, -0.2) is 25.1 Å². The standard InChI is InChI=1S/C16H21N3S/c1-12-11-20-16(18-12)5-7-17-10-13-3-4-15-14(9-13)6-8-19(15)2/h3-4,9,11,17H,5-8,10H2,1-2H3. The fourth-order valence-electron chi connectivity index (χ4n) is 2.68. The number of anilines is 1. The minimum Gasteiger partial charge on any atom is -0.374 e. The van der Waals surface area contributed by atoms with Crippen molar-refractivity contribution in [2.75, 3.05) is 25.0 Å². The molecule has 1 N–H and O–H groups in total. The van der Waals surface area contributed by atoms with E-state index in [1.165, 1.54) is 28.2 Å². The van der Waals surface area contributed by atoms with E-state index in [9.17, 15) is 0 Å². The van der Waals surface area contributed by atoms with Crippen molar-refractivity contribution in [3.63, 3.8) is 0 Å². The van der Waals surface area contributed by atoms with Crippen LogP contribution in [0.15, 0.2) is 23.6 Å². The maximum atomic E-state index is 4.48. The third-order valence-corrected chi connectivity index (χ3v) is 4.81. The summed E-state index contributed by atoms with van der Waals surface area (Å²) in [4.78, 5) is 6.81. The average Bonchev–Trinajstić information content (AvgIpc) is 3.02. The molecule has 0 aliphatic carbocycles. The molecule has 3 rings (SSSR count). The van der Waals surface area contributed by atoms with E-state index >= 15 is 0 Å². The van der Waals surface area contributed by atoms with Crippen LogP contribution in [-0.2, 0) is 19.4 Å². The van der Waals surface area contributed by atoms with E-state index in [1.807, 2.05) is 0 Å². The third kappa shape index (κ3) is 3.02. The van der Waals surface area contributed by atoms with E-state index in [-0.39, 0.29) is 0 Å². The third-order valence-electron chi connectivity index (χ3n) is 3.78. The van der Waals surface area contributed by atoms with E-state index in [0.717, 1.165) is 31.7 Å². The first-order valence-electron chi connectivity index (χ1n) is 7.17. The predicted molar refractivity (Wildman–Crippen MR) is 85.7 cm³/mol. The summed E-state index contributed by atoms with van der Waals surface area (Å²) in [7, 11) is 2.17. The molecule has 0 fully saturated rings. The van der Waals surface area contributed by atoms with Crippen LogP contribution in [0.25, 0.3) is 0 Å². The van der Waals surface area contributed by atoms with Gasteiger partial charge in [-0.1, -0.05) is 12.1 Å². The fraction of sp³-hybridized carbons (Fsp3) is 0.438. The van der Waals surface area contributed by atoms with Gasteiger partial charge < -0.3 is 10.2 Å². The number of nitrogens with one attached hydrogen (secondary N) is 1. The summed E-state index contributed by atoms with van der Waals surface area (Å²) in [5.41, 5.74) is 5.40. The zero-order chi connectivity index (χ0) is 13.9. The first-order chi connectivity index (χ1) is 9.72. The van der Waals surface area contributed by atoms with Crippen molar-refractivity contribution in [3.8, 4) is 0 Å². The number of aryl methyl sites for hydroxylation is 1. The topological polar surface area (TPSA) is 28.2 Å². The highest BCUT2D eigenvalue weighted by atomic mass is 32.1. The number of nitrogens with zero attached hydrogens (tertiary/aromatic N) is 2. The van der Waals surface area contributed by atoms with E-state index < -0.39 is 0 Å². The van der Waals surface area contributed by atoms with Gasteiger partial charge >= 0.3 is 0 Å². The van der Waals surface area contributed by atoms with E-state index in [4.69, 9.17) is 0 Å². The summed E-state index contributed by atoms with van der Waals surface area (Å²) >= 11 is 1.76. The highest BCUT2D eigenvalue weighted by molar-refractivity contribution is 7.09. The van der Waals surface area contributed by atoms with Gasteiger partial charge in [0.15, 0.2) is 0 Å². The molecular formula is C16H21N3S. The fourth-order valence-corrected chi connectivity index (χ4v) is 3.45. The number of thiazole rings is 1. The molecule has 0 saturated heterocycles. The summed E-state index contributed by atoms with van der Waals surface area (Å²) in [5, 5.41) is 6.86. The Morgan fingerprint density at radius 3 is 3.10 bits per heavy atom. The van der Waals surface area contributed by atoms with Gasteiger partial charge in [0.25, 0.3) is 0 Å². The van der Waals surface area contributed by atoms with E-state index in [1.54, 1.807) is 11.3 Å². The monoisotopic (exact) mass is 287 g/mol. The van der Waals surface area contributed by atoms with Crippen LogP contribution in [0.4, 0.5) is 5.69 Å². The molecule has 1 aliphatic rings. The molecule has 3 nitrogen and oxygen atoms in total. The van der Waals surface area contributed by atoms with Crippen molar-refractivity contribution in [2.45, 2.75) is 26.3 Å². The number of likely N-dealkylation sites (N-methyl/N-ethyl adjacent to an activating group) is 1. The summed E-state index contributed by atoms with van der Waals surface area (Å²) < 4.78 is 0. The molecule has 106 valence electrons. The molecule has 0 spiro atoms. The minimum atomic E-state index is 0.946. The van der Waals surface area contributed by atoms with Crippen molar-refractivity contribution in [3.05, 3.63) is 45.4 Å². The molecule has 0 saturated carbocycles. The Hall–Kier alpha value is -1.39. The molecule has 1 aromatic heterocycles.